The van der Waals surface area contributed by atoms with E-state index in [1.807, 2.05) is 48.5 Å². The molecule has 0 spiro atoms. The number of allylic oxidation sites excluding steroid dienone is 2. The van der Waals surface area contributed by atoms with Gasteiger partial charge in [0.1, 0.15) is 0 Å². The fraction of sp³-hybridized carbons (Fsp3) is 0.120. The largest absolute Gasteiger partial charge is 0.360 e. The Balaban J connectivity index is 0.000000185. The smallest absolute Gasteiger partial charge is 0.351 e. The molecule has 0 unspecified atom stereocenters. The minimum atomic E-state index is -5.49. The van der Waals surface area contributed by atoms with E-state index in [0.29, 0.717) is 0 Å². The van der Waals surface area contributed by atoms with Crippen molar-refractivity contribution in [1.29, 1.82) is 0 Å². The van der Waals surface area contributed by atoms with Crippen LogP contribution >= 0.6 is 0 Å². The van der Waals surface area contributed by atoms with Gasteiger partial charge in [0.2, 0.25) is 0 Å². The van der Waals surface area contributed by atoms with Crippen LogP contribution in [0.2, 0.25) is 0 Å². The Kier molecular flexibility index (Phi) is 7.29. The van der Waals surface area contributed by atoms with Crippen LogP contribution in [0.25, 0.3) is 27.7 Å². The van der Waals surface area contributed by atoms with Crippen molar-refractivity contribution in [2.45, 2.75) is 17.8 Å². The van der Waals surface area contributed by atoms with Crippen molar-refractivity contribution in [1.82, 2.24) is 9.97 Å². The number of para-hydroxylation sites is 1. The molecule has 0 atom stereocenters. The molecule has 0 fully saturated rings. The fourth-order valence-corrected chi connectivity index (χ4v) is 3.17. The second kappa shape index (κ2) is 9.68. The molecule has 0 N–H and O–H groups in total. The van der Waals surface area contributed by atoms with Gasteiger partial charge in [-0.2, -0.15) is 23.6 Å². The van der Waals surface area contributed by atoms with Gasteiger partial charge in [-0.05, 0) is 23.2 Å². The number of fused-ring (bicyclic) bond motifs is 1. The minimum absolute atomic E-state index is 0. The first-order chi connectivity index (χ1) is 15.6. The third-order valence-electron chi connectivity index (χ3n) is 4.89. The Bertz CT molecular complexity index is 1290. The van der Waals surface area contributed by atoms with Crippen LogP contribution in [0.15, 0.2) is 85.1 Å². The van der Waals surface area contributed by atoms with Crippen LogP contribution < -0.4 is 0 Å². The van der Waals surface area contributed by atoms with Gasteiger partial charge < -0.3 is 4.98 Å². The number of hydrogen-bond donors (Lipinski definition) is 0. The average molecular weight is 649 g/mol. The molecule has 4 aromatic rings. The summed E-state index contributed by atoms with van der Waals surface area (Å²) in [7, 11) is 0. The molecule has 2 nitrogen and oxygen atoms in total. The van der Waals surface area contributed by atoms with Crippen molar-refractivity contribution in [2.75, 3.05) is 0 Å². The summed E-state index contributed by atoms with van der Waals surface area (Å²) in [6, 6.07) is 26.9. The van der Waals surface area contributed by atoms with E-state index in [2.05, 4.69) is 28.2 Å². The standard InChI is InChI=1S/C15H10N.C10H4F6N.Ir/c1-2-6-12(7-3-1)15-11-10-13-8-4-5-9-14(13)16-15;11-8(12)5-6(7-3-1-2-4-17-7)9(13,14)10(8,15)16;/h1-6,8-11H;1-4H;/q2*-1;. The third kappa shape index (κ3) is 4.63. The van der Waals surface area contributed by atoms with Crippen molar-refractivity contribution in [2.24, 2.45) is 0 Å². The molecular formula is C25H14F6IrN2-2. The quantitative estimate of drug-likeness (QED) is 0.175. The molecule has 5 rings (SSSR count). The molecule has 0 aliphatic heterocycles. The van der Waals surface area contributed by atoms with Gasteiger partial charge in [0.25, 0.3) is 5.92 Å². The van der Waals surface area contributed by atoms with Gasteiger partial charge in [0.15, 0.2) is 0 Å². The van der Waals surface area contributed by atoms with E-state index in [-0.39, 0.29) is 20.1 Å². The molecule has 2 aromatic carbocycles. The van der Waals surface area contributed by atoms with Gasteiger partial charge in [0.05, 0.1) is 5.52 Å². The van der Waals surface area contributed by atoms with Gasteiger partial charge in [-0.1, -0.05) is 42.1 Å². The summed E-state index contributed by atoms with van der Waals surface area (Å²) >= 11 is 0. The Morgan fingerprint density at radius 1 is 0.706 bits per heavy atom. The third-order valence-corrected chi connectivity index (χ3v) is 4.89. The first-order valence-corrected chi connectivity index (χ1v) is 9.67. The van der Waals surface area contributed by atoms with E-state index in [9.17, 15) is 26.3 Å². The number of nitrogens with zero attached hydrogens (tertiary/aromatic N) is 2. The van der Waals surface area contributed by atoms with E-state index in [4.69, 9.17) is 0 Å². The molecule has 9 heteroatoms. The minimum Gasteiger partial charge on any atom is -0.351 e. The molecule has 0 bridgehead atoms. The van der Waals surface area contributed by atoms with Crippen molar-refractivity contribution >= 4 is 16.5 Å². The molecule has 2 aromatic heterocycles. The summed E-state index contributed by atoms with van der Waals surface area (Å²) < 4.78 is 77.6. The number of benzene rings is 2. The topological polar surface area (TPSA) is 25.8 Å². The maximum atomic E-state index is 13.2. The fourth-order valence-electron chi connectivity index (χ4n) is 3.17. The summed E-state index contributed by atoms with van der Waals surface area (Å²) in [5.74, 6) is -15.5. The second-order valence-electron chi connectivity index (χ2n) is 7.10. The van der Waals surface area contributed by atoms with Crippen molar-refractivity contribution in [3.63, 3.8) is 0 Å². The predicted molar refractivity (Wildman–Crippen MR) is 112 cm³/mol. The predicted octanol–water partition coefficient (Wildman–Crippen LogP) is 6.89. The zero-order valence-corrected chi connectivity index (χ0v) is 19.5. The number of hydrogen-bond acceptors (Lipinski definition) is 2. The number of alkyl halides is 6. The molecule has 1 radical (unpaired) electrons. The average Bonchev–Trinajstić information content (AvgIpc) is 2.96. The van der Waals surface area contributed by atoms with Crippen LogP contribution in [0.1, 0.15) is 5.69 Å². The summed E-state index contributed by atoms with van der Waals surface area (Å²) in [6.07, 6.45) is 1.88. The SMILES string of the molecule is FC1(F)[C-]=C(c2ccccn2)C(F)(F)C1(F)F.[Ir].[c-]1ccccc1-c1ccc2ccccc2n1. The molecule has 1 aliphatic rings. The zero-order valence-electron chi connectivity index (χ0n) is 17.1. The van der Waals surface area contributed by atoms with Gasteiger partial charge in [-0.3, -0.25) is 4.98 Å². The van der Waals surface area contributed by atoms with Crippen LogP contribution in [-0.2, 0) is 20.1 Å². The van der Waals surface area contributed by atoms with Crippen LogP contribution in [-0.4, -0.2) is 27.7 Å². The first-order valence-electron chi connectivity index (χ1n) is 9.67. The van der Waals surface area contributed by atoms with Crippen molar-refractivity contribution in [3.05, 3.63) is 103 Å². The van der Waals surface area contributed by atoms with Crippen molar-refractivity contribution in [3.8, 4) is 11.3 Å². The van der Waals surface area contributed by atoms with E-state index < -0.39 is 29.0 Å². The Morgan fingerprint density at radius 3 is 2.03 bits per heavy atom. The van der Waals surface area contributed by atoms with Gasteiger partial charge in [-0.25, -0.2) is 8.78 Å². The Morgan fingerprint density at radius 2 is 1.41 bits per heavy atom. The molecule has 0 saturated carbocycles. The summed E-state index contributed by atoms with van der Waals surface area (Å²) in [4.78, 5) is 7.96. The maximum Gasteiger partial charge on any atom is 0.360 e. The molecule has 0 saturated heterocycles. The Labute approximate surface area is 204 Å². The molecular weight excluding hydrogens is 634 g/mol. The number of rotatable bonds is 2. The van der Waals surface area contributed by atoms with E-state index in [0.717, 1.165) is 35.1 Å². The number of pyridine rings is 2. The van der Waals surface area contributed by atoms with Gasteiger partial charge in [-0.15, -0.1) is 47.5 Å². The molecule has 0 amide bonds. The molecule has 2 heterocycles. The van der Waals surface area contributed by atoms with Gasteiger partial charge in [0, 0.05) is 26.3 Å². The summed E-state index contributed by atoms with van der Waals surface area (Å²) in [5.41, 5.74) is 0.812. The van der Waals surface area contributed by atoms with E-state index in [1.54, 1.807) is 0 Å². The van der Waals surface area contributed by atoms with Gasteiger partial charge >= 0.3 is 11.8 Å². The molecule has 34 heavy (non-hydrogen) atoms. The van der Waals surface area contributed by atoms with Crippen LogP contribution in [0.3, 0.4) is 0 Å². The maximum absolute atomic E-state index is 13.2. The number of aromatic nitrogens is 2. The Hall–Kier alpha value is -3.03. The second-order valence-corrected chi connectivity index (χ2v) is 7.10. The van der Waals surface area contributed by atoms with Crippen LogP contribution in [0.5, 0.6) is 0 Å². The number of halogens is 6. The molecule has 177 valence electrons. The summed E-state index contributed by atoms with van der Waals surface area (Å²) in [6.45, 7) is 0. The first kappa shape index (κ1) is 25.6. The van der Waals surface area contributed by atoms with E-state index in [1.165, 1.54) is 17.5 Å². The molecule has 1 aliphatic carbocycles. The van der Waals surface area contributed by atoms with Crippen LogP contribution in [0, 0.1) is 12.1 Å². The van der Waals surface area contributed by atoms with E-state index >= 15 is 0 Å². The summed E-state index contributed by atoms with van der Waals surface area (Å²) in [5, 5.41) is 1.17. The van der Waals surface area contributed by atoms with Crippen molar-refractivity contribution < 1.29 is 46.4 Å². The van der Waals surface area contributed by atoms with Crippen LogP contribution in [0.4, 0.5) is 26.3 Å². The monoisotopic (exact) mass is 649 g/mol. The normalized spacial score (nSPS) is 17.2. The zero-order chi connectivity index (χ0) is 23.7.